The molecular formula is C46H35F12N7O6. The number of aliphatic hydroxyl groups is 6. The number of anilines is 3. The zero-order valence-corrected chi connectivity index (χ0v) is 35.8. The quantitative estimate of drug-likeness (QED) is 0.0356. The van der Waals surface area contributed by atoms with E-state index in [1.54, 1.807) is 0 Å². The van der Waals surface area contributed by atoms with Crippen molar-refractivity contribution in [3.8, 4) is 33.4 Å². The standard InChI is InChI=1S/C46H35F12N7O6/c47-32-29(33(48)39(54)44(38(32)53)59-9-15(69)12-66)26-20-3-1-18(62-20)19-2-4-21(63-19)27(30-34(49)40(55)45(41(56)35(30)50)60-10-16(70)13-67)23-6-8-25(65-23)28(24-7-5-22(26)64-24)31-36(51)42(57)46(43(58)37(31)52)61-11-17(71)14-68/h1-8,15-17,59-62,64-71H,9-14H2/t15-,16-,17-/m1/s1. The van der Waals surface area contributed by atoms with E-state index in [2.05, 4.69) is 19.9 Å². The molecule has 0 saturated heterocycles. The average Bonchev–Trinajstić information content (AvgIpc) is 4.22. The first-order valence-corrected chi connectivity index (χ1v) is 20.8. The molecule has 8 bridgehead atoms. The number of hydrogen-bond acceptors (Lipinski definition) is 10. The third kappa shape index (κ3) is 8.84. The molecule has 0 spiro atoms. The maximum absolute atomic E-state index is 16.5. The molecule has 3 atom stereocenters. The Morgan fingerprint density at radius 3 is 0.915 bits per heavy atom. The molecule has 12 N–H and O–H groups in total. The molecule has 0 saturated carbocycles. The normalized spacial score (nSPS) is 13.3. The lowest BCUT2D eigenvalue weighted by molar-refractivity contribution is 0.105. The van der Waals surface area contributed by atoms with Crippen LogP contribution in [0.4, 0.5) is 69.7 Å². The first kappa shape index (κ1) is 50.1. The molecule has 13 nitrogen and oxygen atoms in total. The molecule has 1 aliphatic heterocycles. The van der Waals surface area contributed by atoms with Gasteiger partial charge in [-0.05, 0) is 48.6 Å². The van der Waals surface area contributed by atoms with Crippen LogP contribution in [-0.2, 0) is 0 Å². The first-order chi connectivity index (χ1) is 33.8. The Balaban J connectivity index is 1.52. The number of nitrogens with one attached hydrogen (secondary N) is 6. The van der Waals surface area contributed by atoms with Crippen molar-refractivity contribution in [2.75, 3.05) is 55.4 Å². The van der Waals surface area contributed by atoms with E-state index in [9.17, 15) is 20.4 Å². The topological polar surface area (TPSA) is 218 Å². The summed E-state index contributed by atoms with van der Waals surface area (Å²) in [5, 5.41) is 62.6. The van der Waals surface area contributed by atoms with E-state index in [1.807, 2.05) is 16.0 Å². The Morgan fingerprint density at radius 2 is 0.606 bits per heavy atom. The Hall–Kier alpha value is -7.29. The summed E-state index contributed by atoms with van der Waals surface area (Å²) in [5.41, 5.74) is -14.6. The summed E-state index contributed by atoms with van der Waals surface area (Å²) in [6.07, 6.45) is -2.70. The Bertz CT molecular complexity index is 3330. The average molecular weight is 1010 g/mol. The zero-order chi connectivity index (χ0) is 51.3. The monoisotopic (exact) mass is 1010 g/mol. The van der Waals surface area contributed by atoms with Gasteiger partial charge in [0, 0.05) is 63.9 Å². The summed E-state index contributed by atoms with van der Waals surface area (Å²) < 4.78 is 194. The van der Waals surface area contributed by atoms with Gasteiger partial charge < -0.3 is 61.5 Å². The van der Waals surface area contributed by atoms with Gasteiger partial charge >= 0.3 is 0 Å². The van der Waals surface area contributed by atoms with E-state index in [4.69, 9.17) is 10.2 Å². The maximum Gasteiger partial charge on any atom is 0.185 e. The van der Waals surface area contributed by atoms with Crippen LogP contribution in [0.25, 0.3) is 78.6 Å². The minimum Gasteiger partial charge on any atom is -0.394 e. The van der Waals surface area contributed by atoms with E-state index in [0.717, 1.165) is 36.4 Å². The van der Waals surface area contributed by atoms with Crippen LogP contribution in [-0.4, -0.2) is 108 Å². The van der Waals surface area contributed by atoms with Crippen LogP contribution >= 0.6 is 0 Å². The molecule has 374 valence electrons. The predicted octanol–water partition coefficient (Wildman–Crippen LogP) is 7.66. The number of aromatic nitrogens is 4. The molecule has 71 heavy (non-hydrogen) atoms. The molecule has 25 heteroatoms. The van der Waals surface area contributed by atoms with Gasteiger partial charge in [-0.2, -0.15) is 0 Å². The predicted molar refractivity (Wildman–Crippen MR) is 236 cm³/mol. The highest BCUT2D eigenvalue weighted by atomic mass is 19.2. The molecule has 3 aromatic carbocycles. The third-order valence-electron chi connectivity index (χ3n) is 11.3. The number of H-pyrrole nitrogens is 3. The van der Waals surface area contributed by atoms with Crippen molar-refractivity contribution in [1.29, 1.82) is 0 Å². The van der Waals surface area contributed by atoms with Crippen LogP contribution in [0.3, 0.4) is 0 Å². The largest absolute Gasteiger partial charge is 0.394 e. The number of aliphatic hydroxyl groups excluding tert-OH is 6. The highest BCUT2D eigenvalue weighted by Gasteiger charge is 2.33. The molecular weight excluding hydrogens is 975 g/mol. The van der Waals surface area contributed by atoms with Gasteiger partial charge in [-0.3, -0.25) is 0 Å². The van der Waals surface area contributed by atoms with Crippen LogP contribution < -0.4 is 16.0 Å². The van der Waals surface area contributed by atoms with Crippen molar-refractivity contribution in [2.24, 2.45) is 0 Å². The van der Waals surface area contributed by atoms with Crippen molar-refractivity contribution >= 4 is 62.3 Å². The van der Waals surface area contributed by atoms with Gasteiger partial charge in [-0.25, -0.2) is 57.7 Å². The van der Waals surface area contributed by atoms with Gasteiger partial charge in [0.2, 0.25) is 0 Å². The summed E-state index contributed by atoms with van der Waals surface area (Å²) in [7, 11) is 0. The molecule has 5 heterocycles. The summed E-state index contributed by atoms with van der Waals surface area (Å²) >= 11 is 0. The second kappa shape index (κ2) is 19.8. The fourth-order valence-corrected chi connectivity index (χ4v) is 7.82. The van der Waals surface area contributed by atoms with Crippen LogP contribution in [0.15, 0.2) is 36.4 Å². The Labute approximate surface area is 389 Å². The maximum atomic E-state index is 16.5. The highest BCUT2D eigenvalue weighted by Crippen LogP contribution is 2.44. The van der Waals surface area contributed by atoms with Crippen LogP contribution in [0.1, 0.15) is 11.4 Å². The van der Waals surface area contributed by atoms with E-state index >= 15 is 52.7 Å². The zero-order valence-electron chi connectivity index (χ0n) is 35.8. The lowest BCUT2D eigenvalue weighted by Crippen LogP contribution is -2.24. The van der Waals surface area contributed by atoms with E-state index in [-0.39, 0.29) is 11.2 Å². The number of aromatic amines is 3. The third-order valence-corrected chi connectivity index (χ3v) is 11.3. The van der Waals surface area contributed by atoms with Gasteiger partial charge in [0.1, 0.15) is 17.1 Å². The van der Waals surface area contributed by atoms with Crippen molar-refractivity contribution in [3.63, 3.8) is 0 Å². The van der Waals surface area contributed by atoms with Gasteiger partial charge in [0.15, 0.2) is 69.8 Å². The number of fused-ring (bicyclic) bond motifs is 9. The lowest BCUT2D eigenvalue weighted by Gasteiger charge is -2.16. The number of nitrogens with zero attached hydrogens (tertiary/aromatic N) is 1. The highest BCUT2D eigenvalue weighted by molar-refractivity contribution is 6.01. The number of benzene rings is 3. The van der Waals surface area contributed by atoms with Crippen molar-refractivity contribution in [2.45, 2.75) is 18.3 Å². The fourth-order valence-electron chi connectivity index (χ4n) is 7.82. The molecule has 1 aliphatic rings. The first-order valence-electron chi connectivity index (χ1n) is 20.8. The summed E-state index contributed by atoms with van der Waals surface area (Å²) in [4.78, 5) is 12.3. The number of halogens is 12. The van der Waals surface area contributed by atoms with E-state index < -0.39 is 211 Å². The lowest BCUT2D eigenvalue weighted by atomic mass is 10.0. The molecule has 8 rings (SSSR count). The van der Waals surface area contributed by atoms with Crippen molar-refractivity contribution < 1.29 is 83.3 Å². The summed E-state index contributed by atoms with van der Waals surface area (Å²) in [6, 6.07) is 6.12. The number of rotatable bonds is 15. The Kier molecular flexibility index (Phi) is 14.0. The molecule has 0 aliphatic carbocycles. The second-order valence-corrected chi connectivity index (χ2v) is 15.9. The van der Waals surface area contributed by atoms with E-state index in [1.165, 1.54) is 12.1 Å². The van der Waals surface area contributed by atoms with Crippen LogP contribution in [0, 0.1) is 69.8 Å². The minimum absolute atomic E-state index is 0.0854. The molecule has 0 amide bonds. The van der Waals surface area contributed by atoms with Crippen molar-refractivity contribution in [3.05, 3.63) is 118 Å². The minimum atomic E-state index is -2.15. The van der Waals surface area contributed by atoms with E-state index in [0.29, 0.717) is 0 Å². The molecule has 0 radical (unpaired) electrons. The molecule has 4 aromatic heterocycles. The van der Waals surface area contributed by atoms with Gasteiger partial charge in [0.05, 0.1) is 71.7 Å². The molecule has 7 aromatic rings. The van der Waals surface area contributed by atoms with Crippen molar-refractivity contribution in [1.82, 2.24) is 19.9 Å². The van der Waals surface area contributed by atoms with Gasteiger partial charge in [-0.15, -0.1) is 0 Å². The fraction of sp³-hybridized carbons (Fsp3) is 0.196. The van der Waals surface area contributed by atoms with Crippen LogP contribution in [0.5, 0.6) is 0 Å². The molecule has 0 fully saturated rings. The number of hydrogen-bond donors (Lipinski definition) is 12. The van der Waals surface area contributed by atoms with Gasteiger partial charge in [0.25, 0.3) is 0 Å². The van der Waals surface area contributed by atoms with Gasteiger partial charge in [-0.1, -0.05) is 0 Å². The summed E-state index contributed by atoms with van der Waals surface area (Å²) in [6.45, 7) is -5.19. The Morgan fingerprint density at radius 1 is 0.352 bits per heavy atom. The SMILES string of the molecule is OC[C@H](O)CNc1c(F)c(F)c(-c2c3nc(c4ccc([nH]4)c(-c4c(F)c(F)c(NC[C@@H](O)CO)c(F)c4F)c4ccc([nH]4)c(-c4c(F)c(F)c(NC[C@@H](O)CO)c(F)c4F)c4ccc2[nH]4)C=C3)c(F)c1F. The van der Waals surface area contributed by atoms with Crippen LogP contribution in [0.2, 0.25) is 0 Å². The summed E-state index contributed by atoms with van der Waals surface area (Å²) in [5.74, 6) is -24.9. The second-order valence-electron chi connectivity index (χ2n) is 15.9. The smallest absolute Gasteiger partial charge is 0.185 e. The molecule has 0 unspecified atom stereocenters.